The Labute approximate surface area is 180 Å². The van der Waals surface area contributed by atoms with Crippen molar-refractivity contribution in [2.75, 3.05) is 13.2 Å². The van der Waals surface area contributed by atoms with Crippen LogP contribution in [0.4, 0.5) is 0 Å². The zero-order chi connectivity index (χ0) is 21.8. The average molecular weight is 425 g/mol. The minimum atomic E-state index is -0.276. The SMILES string of the molecule is CC1=C(N2CCC3(CCCCC3)C2=O)COC1=O.NCc1ccc(-n2cnnn2)nc1. The summed E-state index contributed by atoms with van der Waals surface area (Å²) >= 11 is 0. The van der Waals surface area contributed by atoms with Crippen molar-refractivity contribution in [2.45, 2.75) is 52.0 Å². The van der Waals surface area contributed by atoms with Gasteiger partial charge >= 0.3 is 5.97 Å². The van der Waals surface area contributed by atoms with Gasteiger partial charge in [0.05, 0.1) is 16.7 Å². The van der Waals surface area contributed by atoms with Gasteiger partial charge in [0.25, 0.3) is 0 Å². The van der Waals surface area contributed by atoms with Gasteiger partial charge in [0.1, 0.15) is 12.9 Å². The Morgan fingerprint density at radius 1 is 1.16 bits per heavy atom. The fourth-order valence-electron chi connectivity index (χ4n) is 4.46. The van der Waals surface area contributed by atoms with Crippen molar-refractivity contribution < 1.29 is 14.3 Å². The molecule has 0 aromatic carbocycles. The first-order valence-electron chi connectivity index (χ1n) is 10.6. The largest absolute Gasteiger partial charge is 0.456 e. The number of aromatic nitrogens is 5. The second-order valence-electron chi connectivity index (χ2n) is 8.18. The third-order valence-corrected chi connectivity index (χ3v) is 6.36. The van der Waals surface area contributed by atoms with E-state index in [0.29, 0.717) is 17.9 Å². The third kappa shape index (κ3) is 4.20. The molecular weight excluding hydrogens is 398 g/mol. The predicted octanol–water partition coefficient (Wildman–Crippen LogP) is 1.52. The van der Waals surface area contributed by atoms with Crippen molar-refractivity contribution >= 4 is 11.9 Å². The smallest absolute Gasteiger partial charge is 0.336 e. The van der Waals surface area contributed by atoms with Gasteiger partial charge in [-0.15, -0.1) is 5.10 Å². The lowest BCUT2D eigenvalue weighted by Crippen LogP contribution is -2.36. The number of cyclic esters (lactones) is 1. The van der Waals surface area contributed by atoms with Crippen LogP contribution in [0.5, 0.6) is 0 Å². The highest BCUT2D eigenvalue weighted by atomic mass is 16.5. The Bertz CT molecular complexity index is 963. The van der Waals surface area contributed by atoms with Crippen LogP contribution in [0.3, 0.4) is 0 Å². The van der Waals surface area contributed by atoms with E-state index in [4.69, 9.17) is 10.5 Å². The molecule has 10 heteroatoms. The molecule has 0 atom stereocenters. The topological polar surface area (TPSA) is 129 Å². The monoisotopic (exact) mass is 425 g/mol. The predicted molar refractivity (Wildman–Crippen MR) is 110 cm³/mol. The Kier molecular flexibility index (Phi) is 6.08. The first kappa shape index (κ1) is 21.1. The van der Waals surface area contributed by atoms with Crippen molar-refractivity contribution in [3.63, 3.8) is 0 Å². The molecule has 2 aromatic heterocycles. The van der Waals surface area contributed by atoms with Gasteiger partial charge in [-0.05, 0) is 48.2 Å². The lowest BCUT2D eigenvalue weighted by atomic mass is 9.73. The maximum atomic E-state index is 12.6. The minimum Gasteiger partial charge on any atom is -0.456 e. The molecule has 1 aliphatic carbocycles. The van der Waals surface area contributed by atoms with Gasteiger partial charge in [-0.1, -0.05) is 25.3 Å². The summed E-state index contributed by atoms with van der Waals surface area (Å²) in [5, 5.41) is 10.7. The highest BCUT2D eigenvalue weighted by Crippen LogP contribution is 2.46. The summed E-state index contributed by atoms with van der Waals surface area (Å²) < 4.78 is 6.49. The Balaban J connectivity index is 0.000000158. The summed E-state index contributed by atoms with van der Waals surface area (Å²) in [6.45, 7) is 3.27. The highest BCUT2D eigenvalue weighted by molar-refractivity contribution is 5.94. The maximum absolute atomic E-state index is 12.6. The summed E-state index contributed by atoms with van der Waals surface area (Å²) in [5.41, 5.74) is 7.69. The normalized spacial score (nSPS) is 20.1. The van der Waals surface area contributed by atoms with Crippen LogP contribution in [-0.2, 0) is 20.9 Å². The van der Waals surface area contributed by atoms with Crippen molar-refractivity contribution in [1.82, 2.24) is 30.1 Å². The van der Waals surface area contributed by atoms with E-state index in [9.17, 15) is 9.59 Å². The van der Waals surface area contributed by atoms with Gasteiger partial charge in [0, 0.05) is 19.3 Å². The number of tetrazole rings is 1. The fourth-order valence-corrected chi connectivity index (χ4v) is 4.46. The van der Waals surface area contributed by atoms with Crippen LogP contribution < -0.4 is 5.73 Å². The summed E-state index contributed by atoms with van der Waals surface area (Å²) in [6, 6.07) is 3.71. The molecule has 2 N–H and O–H groups in total. The number of esters is 1. The number of pyridine rings is 1. The van der Waals surface area contributed by atoms with Crippen molar-refractivity contribution in [3.8, 4) is 5.82 Å². The Hall–Kier alpha value is -3.14. The Morgan fingerprint density at radius 2 is 1.97 bits per heavy atom. The van der Waals surface area contributed by atoms with Crippen LogP contribution in [0, 0.1) is 5.41 Å². The molecule has 0 unspecified atom stereocenters. The van der Waals surface area contributed by atoms with E-state index in [0.717, 1.165) is 49.9 Å². The van der Waals surface area contributed by atoms with E-state index in [-0.39, 0.29) is 23.9 Å². The standard InChI is InChI=1S/C14H19NO3.C7H8N6/c1-10-11(9-18-12(10)16)15-8-7-14(13(15)17)5-3-2-4-6-14;8-3-6-1-2-7(9-4-6)13-5-10-11-12-13/h2-9H2,1H3;1-2,4-5H,3,8H2. The second-order valence-corrected chi connectivity index (χ2v) is 8.18. The van der Waals surface area contributed by atoms with E-state index < -0.39 is 0 Å². The number of carbonyl (C=O) groups is 2. The van der Waals surface area contributed by atoms with Crippen LogP contribution in [0.25, 0.3) is 5.82 Å². The lowest BCUT2D eigenvalue weighted by Gasteiger charge is -2.31. The Morgan fingerprint density at radius 3 is 2.55 bits per heavy atom. The zero-order valence-corrected chi connectivity index (χ0v) is 17.7. The van der Waals surface area contributed by atoms with Gasteiger partial charge in [0.2, 0.25) is 5.91 Å². The van der Waals surface area contributed by atoms with Crippen LogP contribution in [-0.4, -0.2) is 55.1 Å². The molecule has 10 nitrogen and oxygen atoms in total. The maximum Gasteiger partial charge on any atom is 0.336 e. The molecule has 1 saturated heterocycles. The van der Waals surface area contributed by atoms with Crippen molar-refractivity contribution in [2.24, 2.45) is 11.1 Å². The van der Waals surface area contributed by atoms with E-state index in [1.807, 2.05) is 17.0 Å². The molecule has 0 radical (unpaired) electrons. The molecule has 5 rings (SSSR count). The average Bonchev–Trinajstić information content (AvgIpc) is 3.53. The fraction of sp³-hybridized carbons (Fsp3) is 0.524. The molecule has 2 aliphatic heterocycles. The van der Waals surface area contributed by atoms with Gasteiger partial charge in [-0.25, -0.2) is 9.78 Å². The van der Waals surface area contributed by atoms with Crippen molar-refractivity contribution in [3.05, 3.63) is 41.5 Å². The number of hydrogen-bond acceptors (Lipinski definition) is 8. The first-order valence-corrected chi connectivity index (χ1v) is 10.6. The second kappa shape index (κ2) is 8.93. The molecule has 4 heterocycles. The van der Waals surface area contributed by atoms with Gasteiger partial charge in [-0.2, -0.15) is 4.68 Å². The molecule has 1 spiro atoms. The number of hydrogen-bond donors (Lipinski definition) is 1. The summed E-state index contributed by atoms with van der Waals surface area (Å²) in [6.07, 6.45) is 9.74. The first-order chi connectivity index (χ1) is 15.0. The van der Waals surface area contributed by atoms with E-state index >= 15 is 0 Å². The van der Waals surface area contributed by atoms with Crippen molar-refractivity contribution in [1.29, 1.82) is 0 Å². The summed E-state index contributed by atoms with van der Waals surface area (Å²) in [5.74, 6) is 0.638. The summed E-state index contributed by atoms with van der Waals surface area (Å²) in [7, 11) is 0. The quantitative estimate of drug-likeness (QED) is 0.733. The van der Waals surface area contributed by atoms with E-state index in [1.54, 1.807) is 13.1 Å². The van der Waals surface area contributed by atoms with Gasteiger partial charge < -0.3 is 15.4 Å². The molecule has 0 bridgehead atoms. The van der Waals surface area contributed by atoms with Gasteiger partial charge in [-0.3, -0.25) is 4.79 Å². The number of carbonyl (C=O) groups excluding carboxylic acids is 2. The molecule has 2 fully saturated rings. The van der Waals surface area contributed by atoms with E-state index in [1.165, 1.54) is 17.4 Å². The number of amides is 1. The number of ether oxygens (including phenoxy) is 1. The highest BCUT2D eigenvalue weighted by Gasteiger charge is 2.48. The third-order valence-electron chi connectivity index (χ3n) is 6.36. The molecule has 1 saturated carbocycles. The minimum absolute atomic E-state index is 0.128. The molecule has 2 aromatic rings. The van der Waals surface area contributed by atoms with Gasteiger partial charge in [0.15, 0.2) is 5.82 Å². The molecular formula is C21H27N7O3. The van der Waals surface area contributed by atoms with Crippen LogP contribution in [0.15, 0.2) is 35.9 Å². The molecule has 31 heavy (non-hydrogen) atoms. The van der Waals surface area contributed by atoms with Crippen LogP contribution >= 0.6 is 0 Å². The molecule has 164 valence electrons. The summed E-state index contributed by atoms with van der Waals surface area (Å²) in [4.78, 5) is 30.0. The van der Waals surface area contributed by atoms with Crippen LogP contribution in [0.1, 0.15) is 51.0 Å². The van der Waals surface area contributed by atoms with E-state index in [2.05, 4.69) is 20.5 Å². The van der Waals surface area contributed by atoms with Crippen LogP contribution in [0.2, 0.25) is 0 Å². The molecule has 3 aliphatic rings. The number of nitrogens with zero attached hydrogens (tertiary/aromatic N) is 6. The number of likely N-dealkylation sites (tertiary alicyclic amines) is 1. The number of rotatable bonds is 3. The number of nitrogens with two attached hydrogens (primary N) is 1. The molecule has 1 amide bonds. The lowest BCUT2D eigenvalue weighted by molar-refractivity contribution is -0.138. The zero-order valence-electron chi connectivity index (χ0n) is 17.7.